The molecule has 0 radical (unpaired) electrons. The van der Waals surface area contributed by atoms with Crippen molar-refractivity contribution in [1.29, 1.82) is 0 Å². The number of ether oxygens (including phenoxy) is 1. The molecule has 0 saturated heterocycles. The molecule has 0 atom stereocenters. The maximum absolute atomic E-state index is 6.12. The van der Waals surface area contributed by atoms with Crippen LogP contribution in [-0.4, -0.2) is 12.6 Å². The number of rotatable bonds is 4. The molecule has 0 amide bonds. The van der Waals surface area contributed by atoms with Gasteiger partial charge >= 0.3 is 0 Å². The monoisotopic (exact) mass is 283 g/mol. The van der Waals surface area contributed by atoms with Crippen LogP contribution in [-0.2, 0) is 6.42 Å². The van der Waals surface area contributed by atoms with E-state index < -0.39 is 0 Å². The fourth-order valence-electron chi connectivity index (χ4n) is 2.02. The molecule has 0 bridgehead atoms. The summed E-state index contributed by atoms with van der Waals surface area (Å²) in [6.07, 6.45) is 4.37. The van der Waals surface area contributed by atoms with E-state index in [0.29, 0.717) is 0 Å². The van der Waals surface area contributed by atoms with Crippen molar-refractivity contribution >= 4 is 15.9 Å². The second kappa shape index (κ2) is 4.38. The van der Waals surface area contributed by atoms with Gasteiger partial charge < -0.3 is 10.5 Å². The standard InChI is InChI=1S/C13H18BrNO/c1-9-3-4-11(14)10(12(9)16-2)5-6-13(15)7-8-13/h3-4H,5-8,15H2,1-2H3. The molecule has 2 rings (SSSR count). The summed E-state index contributed by atoms with van der Waals surface area (Å²) in [5, 5.41) is 0. The van der Waals surface area contributed by atoms with Crippen LogP contribution in [0.5, 0.6) is 5.75 Å². The summed E-state index contributed by atoms with van der Waals surface area (Å²) in [5.74, 6) is 0.999. The van der Waals surface area contributed by atoms with Crippen LogP contribution < -0.4 is 10.5 Å². The molecule has 3 heteroatoms. The van der Waals surface area contributed by atoms with Gasteiger partial charge in [-0.1, -0.05) is 22.0 Å². The van der Waals surface area contributed by atoms with Gasteiger partial charge in [0.2, 0.25) is 0 Å². The van der Waals surface area contributed by atoms with Crippen LogP contribution in [0.15, 0.2) is 16.6 Å². The lowest BCUT2D eigenvalue weighted by atomic mass is 10.0. The van der Waals surface area contributed by atoms with Crippen LogP contribution in [0.25, 0.3) is 0 Å². The smallest absolute Gasteiger partial charge is 0.126 e. The third-order valence-corrected chi connectivity index (χ3v) is 4.11. The maximum Gasteiger partial charge on any atom is 0.126 e. The Hall–Kier alpha value is -0.540. The first-order chi connectivity index (χ1) is 7.56. The molecular weight excluding hydrogens is 266 g/mol. The van der Waals surface area contributed by atoms with E-state index in [0.717, 1.165) is 23.1 Å². The minimum Gasteiger partial charge on any atom is -0.496 e. The number of nitrogens with two attached hydrogens (primary N) is 1. The average Bonchev–Trinajstić information content (AvgIpc) is 2.98. The first kappa shape index (κ1) is 11.9. The normalized spacial score (nSPS) is 17.2. The van der Waals surface area contributed by atoms with E-state index in [1.165, 1.54) is 24.0 Å². The number of benzene rings is 1. The van der Waals surface area contributed by atoms with Crippen molar-refractivity contribution in [2.45, 2.75) is 38.1 Å². The van der Waals surface area contributed by atoms with Crippen LogP contribution >= 0.6 is 15.9 Å². The van der Waals surface area contributed by atoms with Crippen LogP contribution in [0, 0.1) is 6.92 Å². The summed E-state index contributed by atoms with van der Waals surface area (Å²) in [6.45, 7) is 2.07. The summed E-state index contributed by atoms with van der Waals surface area (Å²) >= 11 is 3.59. The Bertz CT molecular complexity index is 399. The van der Waals surface area contributed by atoms with Gasteiger partial charge in [0.1, 0.15) is 5.75 Å². The highest BCUT2D eigenvalue weighted by Gasteiger charge is 2.37. The number of hydrogen-bond acceptors (Lipinski definition) is 2. The lowest BCUT2D eigenvalue weighted by Crippen LogP contribution is -2.22. The Kier molecular flexibility index (Phi) is 3.27. The van der Waals surface area contributed by atoms with Crippen LogP contribution in [0.4, 0.5) is 0 Å². The summed E-state index contributed by atoms with van der Waals surface area (Å²) in [4.78, 5) is 0. The molecule has 1 aliphatic rings. The third kappa shape index (κ3) is 2.41. The van der Waals surface area contributed by atoms with Crippen molar-refractivity contribution in [1.82, 2.24) is 0 Å². The van der Waals surface area contributed by atoms with Crippen molar-refractivity contribution in [3.8, 4) is 5.75 Å². The molecule has 1 saturated carbocycles. The second-order valence-electron chi connectivity index (χ2n) is 4.74. The first-order valence-electron chi connectivity index (χ1n) is 5.66. The number of aryl methyl sites for hydroxylation is 1. The fourth-order valence-corrected chi connectivity index (χ4v) is 2.53. The highest BCUT2D eigenvalue weighted by Crippen LogP contribution is 2.39. The van der Waals surface area contributed by atoms with Gasteiger partial charge in [-0.15, -0.1) is 0 Å². The van der Waals surface area contributed by atoms with Crippen molar-refractivity contribution < 1.29 is 4.74 Å². The molecule has 0 spiro atoms. The van der Waals surface area contributed by atoms with Crippen LogP contribution in [0.2, 0.25) is 0 Å². The van der Waals surface area contributed by atoms with Crippen LogP contribution in [0.3, 0.4) is 0 Å². The average molecular weight is 284 g/mol. The fraction of sp³-hybridized carbons (Fsp3) is 0.538. The molecule has 16 heavy (non-hydrogen) atoms. The largest absolute Gasteiger partial charge is 0.496 e. The molecule has 1 aromatic carbocycles. The van der Waals surface area contributed by atoms with Gasteiger partial charge in [0.15, 0.2) is 0 Å². The summed E-state index contributed by atoms with van der Waals surface area (Å²) in [6, 6.07) is 4.16. The van der Waals surface area contributed by atoms with Gasteiger partial charge in [-0.3, -0.25) is 0 Å². The highest BCUT2D eigenvalue weighted by atomic mass is 79.9. The minimum absolute atomic E-state index is 0.105. The van der Waals surface area contributed by atoms with E-state index in [1.807, 2.05) is 0 Å². The van der Waals surface area contributed by atoms with Gasteiger partial charge in [-0.2, -0.15) is 0 Å². The minimum atomic E-state index is 0.105. The molecule has 0 aliphatic heterocycles. The highest BCUT2D eigenvalue weighted by molar-refractivity contribution is 9.10. The van der Waals surface area contributed by atoms with Crippen molar-refractivity contribution in [2.24, 2.45) is 5.73 Å². The van der Waals surface area contributed by atoms with Crippen LogP contribution in [0.1, 0.15) is 30.4 Å². The summed E-state index contributed by atoms with van der Waals surface area (Å²) in [7, 11) is 1.73. The number of halogens is 1. The van der Waals surface area contributed by atoms with E-state index in [9.17, 15) is 0 Å². The van der Waals surface area contributed by atoms with Gasteiger partial charge in [-0.25, -0.2) is 0 Å². The van der Waals surface area contributed by atoms with E-state index in [2.05, 4.69) is 35.0 Å². The van der Waals surface area contributed by atoms with Gasteiger partial charge in [0.05, 0.1) is 7.11 Å². The topological polar surface area (TPSA) is 35.2 Å². The zero-order valence-electron chi connectivity index (χ0n) is 9.85. The lowest BCUT2D eigenvalue weighted by Gasteiger charge is -2.15. The van der Waals surface area contributed by atoms with E-state index >= 15 is 0 Å². The van der Waals surface area contributed by atoms with E-state index in [-0.39, 0.29) is 5.54 Å². The Morgan fingerprint density at radius 2 is 2.12 bits per heavy atom. The molecule has 0 heterocycles. The first-order valence-corrected chi connectivity index (χ1v) is 6.46. The molecule has 0 unspecified atom stereocenters. The Morgan fingerprint density at radius 1 is 1.44 bits per heavy atom. The molecular formula is C13H18BrNO. The lowest BCUT2D eigenvalue weighted by molar-refractivity contribution is 0.404. The molecule has 1 fully saturated rings. The van der Waals surface area contributed by atoms with Gasteiger partial charge in [0, 0.05) is 15.6 Å². The molecule has 88 valence electrons. The van der Waals surface area contributed by atoms with Gasteiger partial charge in [-0.05, 0) is 44.2 Å². The second-order valence-corrected chi connectivity index (χ2v) is 5.59. The number of methoxy groups -OCH3 is 1. The zero-order chi connectivity index (χ0) is 11.8. The van der Waals surface area contributed by atoms with Gasteiger partial charge in [0.25, 0.3) is 0 Å². The third-order valence-electron chi connectivity index (χ3n) is 3.37. The maximum atomic E-state index is 6.12. The quantitative estimate of drug-likeness (QED) is 0.921. The van der Waals surface area contributed by atoms with E-state index in [1.54, 1.807) is 7.11 Å². The molecule has 1 aromatic rings. The van der Waals surface area contributed by atoms with Crippen molar-refractivity contribution in [3.63, 3.8) is 0 Å². The summed E-state index contributed by atoms with van der Waals surface area (Å²) < 4.78 is 6.60. The molecule has 2 N–H and O–H groups in total. The van der Waals surface area contributed by atoms with Crippen molar-refractivity contribution in [2.75, 3.05) is 7.11 Å². The van der Waals surface area contributed by atoms with E-state index in [4.69, 9.17) is 10.5 Å². The van der Waals surface area contributed by atoms with Crippen molar-refractivity contribution in [3.05, 3.63) is 27.7 Å². The predicted octanol–water partition coefficient (Wildman–Crippen LogP) is 3.19. The molecule has 1 aliphatic carbocycles. The SMILES string of the molecule is COc1c(C)ccc(Br)c1CCC1(N)CC1. The molecule has 0 aromatic heterocycles. The predicted molar refractivity (Wildman–Crippen MR) is 69.9 cm³/mol. The molecule has 2 nitrogen and oxygen atoms in total. The zero-order valence-corrected chi connectivity index (χ0v) is 11.4. The number of hydrogen-bond donors (Lipinski definition) is 1. The Morgan fingerprint density at radius 3 is 2.69 bits per heavy atom. The Labute approximate surface area is 105 Å². The Balaban J connectivity index is 2.20. The summed E-state index contributed by atoms with van der Waals surface area (Å²) in [5.41, 5.74) is 8.66.